The van der Waals surface area contributed by atoms with E-state index in [9.17, 15) is 4.79 Å². The lowest BCUT2D eigenvalue weighted by Crippen LogP contribution is -2.33. The molecule has 2 aliphatic rings. The van der Waals surface area contributed by atoms with Gasteiger partial charge < -0.3 is 20.3 Å². The Morgan fingerprint density at radius 1 is 1.39 bits per heavy atom. The highest BCUT2D eigenvalue weighted by Crippen LogP contribution is 2.39. The summed E-state index contributed by atoms with van der Waals surface area (Å²) in [6.45, 7) is 3.05. The van der Waals surface area contributed by atoms with Crippen molar-refractivity contribution in [3.63, 3.8) is 0 Å². The number of aromatic nitrogens is 3. The molecule has 0 aromatic carbocycles. The van der Waals surface area contributed by atoms with Crippen molar-refractivity contribution < 1.29 is 9.90 Å². The third-order valence-electron chi connectivity index (χ3n) is 5.11. The molecular formula is C16H21N5O2. The maximum atomic E-state index is 11.6. The number of likely N-dealkylation sites (tertiary alicyclic amines) is 1. The van der Waals surface area contributed by atoms with Crippen molar-refractivity contribution in [2.45, 2.75) is 25.8 Å². The average molecular weight is 315 g/mol. The van der Waals surface area contributed by atoms with Crippen LogP contribution in [0, 0.1) is 18.8 Å². The standard InChI is InChI=1S/C16H21N5O2/c1-9-18-15-13(2-3-17-15)16(19-9)20-12-4-10-6-21(14(23)8-22)7-11(10)5-12/h2-3,10-12,22H,4-8H2,1H3,(H2,17,18,19,20)/t10-,11+,12?. The monoisotopic (exact) mass is 315 g/mol. The highest BCUT2D eigenvalue weighted by Gasteiger charge is 2.42. The number of carbonyl (C=O) groups excluding carboxylic acids is 1. The van der Waals surface area contributed by atoms with Gasteiger partial charge in [0.05, 0.1) is 5.39 Å². The van der Waals surface area contributed by atoms with E-state index in [1.165, 1.54) is 0 Å². The van der Waals surface area contributed by atoms with Gasteiger partial charge in [-0.25, -0.2) is 9.97 Å². The van der Waals surface area contributed by atoms with Crippen LogP contribution in [0.2, 0.25) is 0 Å². The Hall–Kier alpha value is -2.15. The van der Waals surface area contributed by atoms with Gasteiger partial charge in [0.2, 0.25) is 5.91 Å². The quantitative estimate of drug-likeness (QED) is 0.782. The van der Waals surface area contributed by atoms with Gasteiger partial charge in [-0.3, -0.25) is 4.79 Å². The van der Waals surface area contributed by atoms with Gasteiger partial charge >= 0.3 is 0 Å². The number of hydrogen-bond donors (Lipinski definition) is 3. The van der Waals surface area contributed by atoms with Gasteiger partial charge in [0.25, 0.3) is 0 Å². The Balaban J connectivity index is 1.46. The molecule has 0 radical (unpaired) electrons. The molecule has 122 valence electrons. The average Bonchev–Trinajstić information content (AvgIpc) is 3.19. The van der Waals surface area contributed by atoms with Crippen molar-refractivity contribution in [1.29, 1.82) is 0 Å². The first-order valence-electron chi connectivity index (χ1n) is 8.11. The number of aliphatic hydroxyl groups excluding tert-OH is 1. The predicted octanol–water partition coefficient (Wildman–Crippen LogP) is 0.908. The fourth-order valence-electron chi connectivity index (χ4n) is 4.08. The molecule has 1 saturated heterocycles. The molecule has 3 heterocycles. The van der Waals surface area contributed by atoms with Crippen molar-refractivity contribution in [3.8, 4) is 0 Å². The van der Waals surface area contributed by atoms with Crippen LogP contribution in [0.3, 0.4) is 0 Å². The summed E-state index contributed by atoms with van der Waals surface area (Å²) in [6, 6.07) is 2.37. The summed E-state index contributed by atoms with van der Waals surface area (Å²) in [4.78, 5) is 25.5. The van der Waals surface area contributed by atoms with Gasteiger partial charge in [0.1, 0.15) is 23.9 Å². The van der Waals surface area contributed by atoms with E-state index in [2.05, 4.69) is 20.3 Å². The molecule has 1 aliphatic heterocycles. The van der Waals surface area contributed by atoms with Gasteiger partial charge in [-0.15, -0.1) is 0 Å². The zero-order chi connectivity index (χ0) is 16.0. The van der Waals surface area contributed by atoms with Gasteiger partial charge in [-0.2, -0.15) is 0 Å². The van der Waals surface area contributed by atoms with Crippen molar-refractivity contribution in [2.75, 3.05) is 25.0 Å². The molecular weight excluding hydrogens is 294 g/mol. The first kappa shape index (κ1) is 14.4. The molecule has 1 unspecified atom stereocenters. The Morgan fingerprint density at radius 3 is 2.83 bits per heavy atom. The second-order valence-corrected chi connectivity index (χ2v) is 6.65. The van der Waals surface area contributed by atoms with E-state index in [-0.39, 0.29) is 12.5 Å². The third-order valence-corrected chi connectivity index (χ3v) is 5.11. The number of carbonyl (C=O) groups is 1. The van der Waals surface area contributed by atoms with E-state index < -0.39 is 0 Å². The van der Waals surface area contributed by atoms with Gasteiger partial charge in [0, 0.05) is 25.3 Å². The second-order valence-electron chi connectivity index (χ2n) is 6.65. The number of rotatable bonds is 3. The van der Waals surface area contributed by atoms with Gasteiger partial charge in [-0.1, -0.05) is 0 Å². The lowest BCUT2D eigenvalue weighted by molar-refractivity contribution is -0.133. The molecule has 1 saturated carbocycles. The Bertz CT molecular complexity index is 729. The van der Waals surface area contributed by atoms with Crippen LogP contribution in [-0.4, -0.2) is 56.6 Å². The summed E-state index contributed by atoms with van der Waals surface area (Å²) < 4.78 is 0. The SMILES string of the molecule is Cc1nc(NC2C[C@@H]3CN(C(=O)CO)C[C@@H]3C2)c2cc[nH]c2n1. The molecule has 0 bridgehead atoms. The van der Waals surface area contributed by atoms with Crippen LogP contribution in [-0.2, 0) is 4.79 Å². The van der Waals surface area contributed by atoms with Crippen LogP contribution < -0.4 is 5.32 Å². The number of nitrogens with zero attached hydrogens (tertiary/aromatic N) is 3. The van der Waals surface area contributed by atoms with Crippen LogP contribution >= 0.6 is 0 Å². The van der Waals surface area contributed by atoms with Crippen molar-refractivity contribution in [2.24, 2.45) is 11.8 Å². The molecule has 1 amide bonds. The molecule has 2 fully saturated rings. The predicted molar refractivity (Wildman–Crippen MR) is 85.9 cm³/mol. The number of aromatic amines is 1. The number of fused-ring (bicyclic) bond motifs is 2. The largest absolute Gasteiger partial charge is 0.387 e. The van der Waals surface area contributed by atoms with Crippen LogP contribution in [0.1, 0.15) is 18.7 Å². The maximum absolute atomic E-state index is 11.6. The molecule has 23 heavy (non-hydrogen) atoms. The normalized spacial score (nSPS) is 26.7. The topological polar surface area (TPSA) is 94.1 Å². The highest BCUT2D eigenvalue weighted by atomic mass is 16.3. The number of anilines is 1. The van der Waals surface area contributed by atoms with E-state index >= 15 is 0 Å². The van der Waals surface area contributed by atoms with Crippen LogP contribution in [0.5, 0.6) is 0 Å². The maximum Gasteiger partial charge on any atom is 0.248 e. The van der Waals surface area contributed by atoms with E-state index in [1.807, 2.05) is 19.2 Å². The smallest absolute Gasteiger partial charge is 0.248 e. The Morgan fingerprint density at radius 2 is 2.13 bits per heavy atom. The minimum atomic E-state index is -0.382. The van der Waals surface area contributed by atoms with E-state index in [4.69, 9.17) is 5.11 Å². The summed E-state index contributed by atoms with van der Waals surface area (Å²) in [7, 11) is 0. The van der Waals surface area contributed by atoms with Crippen LogP contribution in [0.25, 0.3) is 11.0 Å². The zero-order valence-corrected chi connectivity index (χ0v) is 13.1. The molecule has 2 aromatic heterocycles. The third kappa shape index (κ3) is 2.55. The molecule has 0 spiro atoms. The number of nitrogens with one attached hydrogen (secondary N) is 2. The van der Waals surface area contributed by atoms with Crippen LogP contribution in [0.4, 0.5) is 5.82 Å². The summed E-state index contributed by atoms with van der Waals surface area (Å²) in [5.41, 5.74) is 0.859. The fourth-order valence-corrected chi connectivity index (χ4v) is 4.08. The summed E-state index contributed by atoms with van der Waals surface area (Å²) in [5.74, 6) is 2.53. The number of hydrogen-bond acceptors (Lipinski definition) is 5. The molecule has 2 aromatic rings. The first-order chi connectivity index (χ1) is 11.1. The molecule has 7 heteroatoms. The number of H-pyrrole nitrogens is 1. The molecule has 4 rings (SSSR count). The minimum Gasteiger partial charge on any atom is -0.387 e. The van der Waals surface area contributed by atoms with Gasteiger partial charge in [0.15, 0.2) is 0 Å². The molecule has 1 aliphatic carbocycles. The summed E-state index contributed by atoms with van der Waals surface area (Å²) in [5, 5.41) is 13.6. The minimum absolute atomic E-state index is 0.149. The summed E-state index contributed by atoms with van der Waals surface area (Å²) in [6.07, 6.45) is 3.95. The van der Waals surface area contributed by atoms with Crippen molar-refractivity contribution in [1.82, 2.24) is 19.9 Å². The van der Waals surface area contributed by atoms with E-state index in [0.29, 0.717) is 17.9 Å². The molecule has 3 atom stereocenters. The molecule has 3 N–H and O–H groups in total. The zero-order valence-electron chi connectivity index (χ0n) is 13.1. The van der Waals surface area contributed by atoms with Crippen LogP contribution in [0.15, 0.2) is 12.3 Å². The van der Waals surface area contributed by atoms with E-state index in [0.717, 1.165) is 48.6 Å². The second kappa shape index (κ2) is 5.49. The highest BCUT2D eigenvalue weighted by molar-refractivity contribution is 5.87. The first-order valence-corrected chi connectivity index (χ1v) is 8.11. The van der Waals surface area contributed by atoms with Gasteiger partial charge in [-0.05, 0) is 37.7 Å². The number of amides is 1. The lowest BCUT2D eigenvalue weighted by Gasteiger charge is -2.19. The Labute approximate surface area is 134 Å². The summed E-state index contributed by atoms with van der Waals surface area (Å²) >= 11 is 0. The Kier molecular flexibility index (Phi) is 3.45. The number of aryl methyl sites for hydroxylation is 1. The van der Waals surface area contributed by atoms with Crippen molar-refractivity contribution in [3.05, 3.63) is 18.1 Å². The fraction of sp³-hybridized carbons (Fsp3) is 0.562. The molecule has 7 nitrogen and oxygen atoms in total. The lowest BCUT2D eigenvalue weighted by atomic mass is 10.0. The van der Waals surface area contributed by atoms with E-state index in [1.54, 1.807) is 4.90 Å². The van der Waals surface area contributed by atoms with Crippen molar-refractivity contribution >= 4 is 22.8 Å². The number of aliphatic hydroxyl groups is 1.